The lowest BCUT2D eigenvalue weighted by atomic mass is 9.99. The minimum absolute atomic E-state index is 0.304. The molecule has 0 bridgehead atoms. The Labute approximate surface area is 140 Å². The Kier molecular flexibility index (Phi) is 4.63. The van der Waals surface area contributed by atoms with Crippen molar-refractivity contribution in [3.63, 3.8) is 0 Å². The van der Waals surface area contributed by atoms with E-state index in [0.29, 0.717) is 30.9 Å². The van der Waals surface area contributed by atoms with Gasteiger partial charge in [-0.3, -0.25) is 9.69 Å². The van der Waals surface area contributed by atoms with Gasteiger partial charge in [0.15, 0.2) is 0 Å². The van der Waals surface area contributed by atoms with Crippen LogP contribution in [0.2, 0.25) is 0 Å². The van der Waals surface area contributed by atoms with E-state index in [9.17, 15) is 9.18 Å². The highest BCUT2D eigenvalue weighted by Crippen LogP contribution is 2.19. The first kappa shape index (κ1) is 16.2. The summed E-state index contributed by atoms with van der Waals surface area (Å²) in [4.78, 5) is 16.9. The molecule has 0 amide bonds. The second kappa shape index (κ2) is 6.85. The van der Waals surface area contributed by atoms with Crippen molar-refractivity contribution in [1.82, 2.24) is 9.88 Å². The number of hydrogen-bond donors (Lipinski definition) is 1. The lowest BCUT2D eigenvalue weighted by molar-refractivity contribution is -0.147. The van der Waals surface area contributed by atoms with Crippen LogP contribution in [-0.2, 0) is 11.3 Å². The number of aromatic nitrogens is 1. The highest BCUT2D eigenvalue weighted by molar-refractivity contribution is 6.32. The van der Waals surface area contributed by atoms with Gasteiger partial charge in [-0.05, 0) is 29.7 Å². The number of carboxylic acids is 1. The summed E-state index contributed by atoms with van der Waals surface area (Å²) in [6, 6.07) is 8.65. The third kappa shape index (κ3) is 3.81. The normalized spacial score (nSPS) is 14.5. The van der Waals surface area contributed by atoms with Crippen LogP contribution in [0, 0.1) is 23.6 Å². The summed E-state index contributed by atoms with van der Waals surface area (Å²) in [6.07, 6.45) is 1.72. The SMILES string of the molecule is Bc1ccc(C#Cc2ccc(CN3CC(C(=O)O)C3)cc2F)nc1. The van der Waals surface area contributed by atoms with E-state index in [1.807, 2.05) is 24.9 Å². The zero-order chi connectivity index (χ0) is 17.1. The molecule has 6 heteroatoms. The predicted molar refractivity (Wildman–Crippen MR) is 91.2 cm³/mol. The number of rotatable bonds is 3. The van der Waals surface area contributed by atoms with Crippen LogP contribution in [0.4, 0.5) is 4.39 Å². The molecule has 1 fully saturated rings. The third-order valence-corrected chi connectivity index (χ3v) is 3.98. The average molecular weight is 322 g/mol. The first-order valence-electron chi connectivity index (χ1n) is 7.69. The summed E-state index contributed by atoms with van der Waals surface area (Å²) in [5, 5.41) is 8.86. The maximum Gasteiger partial charge on any atom is 0.309 e. The third-order valence-electron chi connectivity index (χ3n) is 3.98. The van der Waals surface area contributed by atoms with Crippen LogP contribution in [0.15, 0.2) is 36.5 Å². The Morgan fingerprint density at radius 2 is 2.12 bits per heavy atom. The van der Waals surface area contributed by atoms with Gasteiger partial charge in [0.1, 0.15) is 19.4 Å². The van der Waals surface area contributed by atoms with Gasteiger partial charge in [0, 0.05) is 25.8 Å². The van der Waals surface area contributed by atoms with Crippen LogP contribution in [-0.4, -0.2) is 41.9 Å². The number of hydrogen-bond acceptors (Lipinski definition) is 3. The molecule has 1 aliphatic heterocycles. The molecule has 0 radical (unpaired) electrons. The summed E-state index contributed by atoms with van der Waals surface area (Å²) in [5.41, 5.74) is 2.79. The van der Waals surface area contributed by atoms with Gasteiger partial charge in [-0.2, -0.15) is 0 Å². The van der Waals surface area contributed by atoms with Gasteiger partial charge in [-0.1, -0.05) is 23.5 Å². The van der Waals surface area contributed by atoms with Gasteiger partial charge in [0.25, 0.3) is 0 Å². The molecule has 1 saturated heterocycles. The molecule has 120 valence electrons. The topological polar surface area (TPSA) is 53.4 Å². The van der Waals surface area contributed by atoms with Crippen molar-refractivity contribution in [3.05, 3.63) is 59.2 Å². The van der Waals surface area contributed by atoms with Gasteiger partial charge in [-0.25, -0.2) is 9.37 Å². The Morgan fingerprint density at radius 3 is 2.75 bits per heavy atom. The van der Waals surface area contributed by atoms with Crippen molar-refractivity contribution in [2.45, 2.75) is 6.54 Å². The average Bonchev–Trinajstić information content (AvgIpc) is 2.51. The standard InChI is InChI=1S/C18H16BFN2O2/c19-15-4-6-16(21-8-15)5-3-13-2-1-12(7-17(13)20)9-22-10-14(11-22)18(23)24/h1-2,4,6-8,14H,9-11,19H2,(H,23,24). The van der Waals surface area contributed by atoms with Crippen LogP contribution in [0.25, 0.3) is 0 Å². The summed E-state index contributed by atoms with van der Waals surface area (Å²) >= 11 is 0. The largest absolute Gasteiger partial charge is 0.481 e. The molecule has 0 atom stereocenters. The van der Waals surface area contributed by atoms with E-state index in [1.165, 1.54) is 6.07 Å². The minimum atomic E-state index is -0.771. The smallest absolute Gasteiger partial charge is 0.309 e. The molecule has 24 heavy (non-hydrogen) atoms. The van der Waals surface area contributed by atoms with Crippen LogP contribution in [0.5, 0.6) is 0 Å². The Hall–Kier alpha value is -2.65. The van der Waals surface area contributed by atoms with E-state index in [-0.39, 0.29) is 11.7 Å². The molecule has 1 aromatic carbocycles. The molecule has 0 unspecified atom stereocenters. The number of carboxylic acid groups (broad SMARTS) is 1. The van der Waals surface area contributed by atoms with Gasteiger partial charge in [0.05, 0.1) is 11.5 Å². The van der Waals surface area contributed by atoms with Crippen molar-refractivity contribution in [1.29, 1.82) is 0 Å². The zero-order valence-corrected chi connectivity index (χ0v) is 13.3. The maximum atomic E-state index is 14.2. The second-order valence-corrected chi connectivity index (χ2v) is 6.01. The van der Waals surface area contributed by atoms with E-state index in [1.54, 1.807) is 18.3 Å². The first-order valence-corrected chi connectivity index (χ1v) is 7.69. The molecule has 0 aliphatic carbocycles. The van der Waals surface area contributed by atoms with Crippen LogP contribution in [0.3, 0.4) is 0 Å². The molecular formula is C18H16BFN2O2. The molecule has 0 saturated carbocycles. The number of likely N-dealkylation sites (tertiary alicyclic amines) is 1. The fourth-order valence-corrected chi connectivity index (χ4v) is 2.54. The number of nitrogens with zero attached hydrogens (tertiary/aromatic N) is 2. The molecule has 1 aromatic heterocycles. The van der Waals surface area contributed by atoms with Gasteiger partial charge in [-0.15, -0.1) is 0 Å². The molecule has 3 rings (SSSR count). The molecule has 4 nitrogen and oxygen atoms in total. The number of aliphatic carboxylic acids is 1. The summed E-state index contributed by atoms with van der Waals surface area (Å²) in [7, 11) is 1.94. The van der Waals surface area contributed by atoms with Gasteiger partial charge >= 0.3 is 5.97 Å². The highest BCUT2D eigenvalue weighted by Gasteiger charge is 2.32. The monoisotopic (exact) mass is 322 g/mol. The van der Waals surface area contributed by atoms with E-state index < -0.39 is 5.97 Å². The Morgan fingerprint density at radius 1 is 1.33 bits per heavy atom. The van der Waals surface area contributed by atoms with E-state index in [2.05, 4.69) is 16.8 Å². The minimum Gasteiger partial charge on any atom is -0.481 e. The fraction of sp³-hybridized carbons (Fsp3) is 0.222. The summed E-state index contributed by atoms with van der Waals surface area (Å²) in [5.74, 6) is 4.21. The van der Waals surface area contributed by atoms with E-state index in [4.69, 9.17) is 5.11 Å². The summed E-state index contributed by atoms with van der Waals surface area (Å²) in [6.45, 7) is 1.57. The zero-order valence-electron chi connectivity index (χ0n) is 13.3. The first-order chi connectivity index (χ1) is 11.5. The predicted octanol–water partition coefficient (Wildman–Crippen LogP) is 0.395. The van der Waals surface area contributed by atoms with Crippen LogP contribution in [0.1, 0.15) is 16.8 Å². The number of pyridine rings is 1. The number of benzene rings is 1. The van der Waals surface area contributed by atoms with Gasteiger partial charge in [0.2, 0.25) is 0 Å². The molecular weight excluding hydrogens is 306 g/mol. The van der Waals surface area contributed by atoms with Crippen LogP contribution < -0.4 is 5.46 Å². The summed E-state index contributed by atoms with van der Waals surface area (Å²) < 4.78 is 14.2. The molecule has 1 N–H and O–H groups in total. The Bertz CT molecular complexity index is 821. The lowest BCUT2D eigenvalue weighted by Crippen LogP contribution is -2.49. The van der Waals surface area contributed by atoms with Crippen LogP contribution >= 0.6 is 0 Å². The molecule has 1 aliphatic rings. The van der Waals surface area contributed by atoms with Crippen molar-refractivity contribution in [3.8, 4) is 11.8 Å². The molecule has 2 aromatic rings. The van der Waals surface area contributed by atoms with Gasteiger partial charge < -0.3 is 5.11 Å². The number of carbonyl (C=O) groups is 1. The second-order valence-electron chi connectivity index (χ2n) is 6.01. The maximum absolute atomic E-state index is 14.2. The van der Waals surface area contributed by atoms with E-state index >= 15 is 0 Å². The number of halogens is 1. The van der Waals surface area contributed by atoms with Crippen molar-refractivity contribution < 1.29 is 14.3 Å². The quantitative estimate of drug-likeness (QED) is 0.656. The molecule has 2 heterocycles. The van der Waals surface area contributed by atoms with Crippen molar-refractivity contribution in [2.75, 3.05) is 13.1 Å². The van der Waals surface area contributed by atoms with Crippen molar-refractivity contribution >= 4 is 19.3 Å². The van der Waals surface area contributed by atoms with Crippen molar-refractivity contribution in [2.24, 2.45) is 5.92 Å². The Balaban J connectivity index is 1.65. The molecule has 0 spiro atoms. The fourth-order valence-electron chi connectivity index (χ4n) is 2.54. The lowest BCUT2D eigenvalue weighted by Gasteiger charge is -2.36. The highest BCUT2D eigenvalue weighted by atomic mass is 19.1. The van der Waals surface area contributed by atoms with E-state index in [0.717, 1.165) is 11.0 Å².